The Morgan fingerprint density at radius 1 is 1.21 bits per heavy atom. The van der Waals surface area contributed by atoms with Crippen LogP contribution in [0, 0.1) is 0 Å². The van der Waals surface area contributed by atoms with E-state index in [1.807, 2.05) is 39.5 Å². The smallest absolute Gasteiger partial charge is 0.338 e. The second kappa shape index (κ2) is 11.3. The number of aliphatic imine (C=N–C) groups is 1. The number of ether oxygens (including phenoxy) is 1. The molecule has 0 saturated carbocycles. The lowest BCUT2D eigenvalue weighted by Gasteiger charge is -2.23. The summed E-state index contributed by atoms with van der Waals surface area (Å²) in [5.74, 6) is -1.76. The molecule has 2 atom stereocenters. The molecule has 0 radical (unpaired) electrons. The fraction of sp³-hybridized carbons (Fsp3) is 0.522. The van der Waals surface area contributed by atoms with Crippen LogP contribution in [0.1, 0.15) is 58.3 Å². The van der Waals surface area contributed by atoms with Crippen LogP contribution >= 0.6 is 11.8 Å². The van der Waals surface area contributed by atoms with Crippen LogP contribution in [0.15, 0.2) is 29.3 Å². The number of benzene rings is 1. The van der Waals surface area contributed by atoms with E-state index in [1.54, 1.807) is 12.1 Å². The van der Waals surface area contributed by atoms with Crippen LogP contribution in [0.3, 0.4) is 0 Å². The van der Waals surface area contributed by atoms with Gasteiger partial charge in [0, 0.05) is 30.7 Å². The van der Waals surface area contributed by atoms with Gasteiger partial charge in [-0.1, -0.05) is 17.8 Å². The van der Waals surface area contributed by atoms with Gasteiger partial charge in [-0.05, 0) is 59.7 Å². The molecular weight excluding hydrogens is 444 g/mol. The minimum Gasteiger partial charge on any atom is -0.449 e. The number of hydrogen-bond donors (Lipinski definition) is 2. The summed E-state index contributed by atoms with van der Waals surface area (Å²) in [6.45, 7) is 12.4. The number of nitrogens with zero attached hydrogens (tertiary/aromatic N) is 2. The molecule has 0 bridgehead atoms. The Labute approximate surface area is 198 Å². The molecule has 1 aliphatic rings. The van der Waals surface area contributed by atoms with E-state index in [-0.39, 0.29) is 23.8 Å². The molecule has 1 aromatic carbocycles. The lowest BCUT2D eigenvalue weighted by Crippen LogP contribution is -2.46. The van der Waals surface area contributed by atoms with Gasteiger partial charge in [-0.2, -0.15) is 4.99 Å². The van der Waals surface area contributed by atoms with Crippen molar-refractivity contribution in [3.05, 3.63) is 29.8 Å². The molecule has 10 heteroatoms. The van der Waals surface area contributed by atoms with E-state index in [1.165, 1.54) is 30.8 Å². The van der Waals surface area contributed by atoms with Crippen LogP contribution in [-0.4, -0.2) is 63.7 Å². The third-order valence-electron chi connectivity index (χ3n) is 4.67. The molecule has 1 aromatic rings. The highest BCUT2D eigenvalue weighted by molar-refractivity contribution is 8.15. The summed E-state index contributed by atoms with van der Waals surface area (Å²) in [6, 6.07) is 6.23. The summed E-state index contributed by atoms with van der Waals surface area (Å²) in [6.07, 6.45) is -1.00. The molecule has 180 valence electrons. The number of rotatable bonds is 8. The Bertz CT molecular complexity index is 937. The summed E-state index contributed by atoms with van der Waals surface area (Å²) >= 11 is 1.29. The molecule has 0 saturated heterocycles. The van der Waals surface area contributed by atoms with E-state index in [0.717, 1.165) is 13.1 Å². The summed E-state index contributed by atoms with van der Waals surface area (Å²) in [5, 5.41) is 5.52. The van der Waals surface area contributed by atoms with Gasteiger partial charge in [-0.25, -0.2) is 4.79 Å². The molecule has 0 aliphatic carbocycles. The summed E-state index contributed by atoms with van der Waals surface area (Å²) in [5.41, 5.74) is 0.140. The maximum Gasteiger partial charge on any atom is 0.338 e. The second-order valence-electron chi connectivity index (χ2n) is 8.63. The fourth-order valence-electron chi connectivity index (χ4n) is 3.00. The van der Waals surface area contributed by atoms with E-state index in [0.29, 0.717) is 10.9 Å². The zero-order valence-electron chi connectivity index (χ0n) is 19.9. The molecule has 1 heterocycles. The number of amidine groups is 1. The van der Waals surface area contributed by atoms with E-state index >= 15 is 0 Å². The Morgan fingerprint density at radius 2 is 1.88 bits per heavy atom. The van der Waals surface area contributed by atoms with Gasteiger partial charge in [0.1, 0.15) is 5.25 Å². The second-order valence-corrected chi connectivity index (χ2v) is 9.80. The molecule has 33 heavy (non-hydrogen) atoms. The molecule has 1 aliphatic heterocycles. The van der Waals surface area contributed by atoms with Crippen molar-refractivity contribution in [3.8, 4) is 0 Å². The third kappa shape index (κ3) is 7.88. The lowest BCUT2D eigenvalue weighted by molar-refractivity contribution is -0.130. The zero-order chi connectivity index (χ0) is 24.8. The first kappa shape index (κ1) is 26.4. The molecule has 2 rings (SSSR count). The summed E-state index contributed by atoms with van der Waals surface area (Å²) in [4.78, 5) is 55.3. The van der Waals surface area contributed by atoms with E-state index in [2.05, 4.69) is 15.6 Å². The van der Waals surface area contributed by atoms with Gasteiger partial charge in [0.05, 0.1) is 5.56 Å². The van der Waals surface area contributed by atoms with Gasteiger partial charge in [0.15, 0.2) is 11.3 Å². The number of carbonyl (C=O) groups is 4. The van der Waals surface area contributed by atoms with Gasteiger partial charge in [0.25, 0.3) is 11.8 Å². The van der Waals surface area contributed by atoms with Crippen molar-refractivity contribution in [1.82, 2.24) is 10.2 Å². The Morgan fingerprint density at radius 3 is 2.48 bits per heavy atom. The highest BCUT2D eigenvalue weighted by Gasteiger charge is 2.32. The molecular formula is C23H32N4O5S. The average Bonchev–Trinajstić information content (AvgIpc) is 3.07. The van der Waals surface area contributed by atoms with E-state index in [4.69, 9.17) is 4.74 Å². The first-order valence-electron chi connectivity index (χ1n) is 10.9. The molecule has 9 nitrogen and oxygen atoms in total. The number of nitrogens with one attached hydrogen (secondary N) is 2. The van der Waals surface area contributed by atoms with Crippen LogP contribution in [0.2, 0.25) is 0 Å². The van der Waals surface area contributed by atoms with Gasteiger partial charge in [0.2, 0.25) is 5.91 Å². The number of thioether (sulfide) groups is 1. The number of anilines is 1. The minimum absolute atomic E-state index is 0.0313. The Kier molecular flexibility index (Phi) is 9.04. The van der Waals surface area contributed by atoms with Crippen LogP contribution in [0.25, 0.3) is 0 Å². The number of hydrogen-bond acceptors (Lipinski definition) is 7. The monoisotopic (exact) mass is 476 g/mol. The third-order valence-corrected chi connectivity index (χ3v) is 5.88. The van der Waals surface area contributed by atoms with Gasteiger partial charge in [-0.15, -0.1) is 0 Å². The van der Waals surface area contributed by atoms with Gasteiger partial charge in [-0.3, -0.25) is 14.4 Å². The van der Waals surface area contributed by atoms with Crippen molar-refractivity contribution in [2.75, 3.05) is 18.4 Å². The van der Waals surface area contributed by atoms with Crippen molar-refractivity contribution in [2.45, 2.75) is 64.9 Å². The quantitative estimate of drug-likeness (QED) is 0.554. The zero-order valence-corrected chi connectivity index (χ0v) is 20.7. The maximum atomic E-state index is 12.5. The van der Waals surface area contributed by atoms with E-state index < -0.39 is 28.8 Å². The molecule has 0 fully saturated rings. The van der Waals surface area contributed by atoms with Crippen molar-refractivity contribution < 1.29 is 23.9 Å². The highest BCUT2D eigenvalue weighted by Crippen LogP contribution is 2.27. The molecule has 0 spiro atoms. The maximum absolute atomic E-state index is 12.5. The molecule has 0 aromatic heterocycles. The number of amides is 3. The van der Waals surface area contributed by atoms with Gasteiger partial charge < -0.3 is 20.3 Å². The topological polar surface area (TPSA) is 117 Å². The normalized spacial score (nSPS) is 16.6. The number of esters is 1. The first-order chi connectivity index (χ1) is 15.4. The molecule has 3 amide bonds. The van der Waals surface area contributed by atoms with Crippen molar-refractivity contribution in [2.24, 2.45) is 4.99 Å². The Balaban J connectivity index is 1.94. The highest BCUT2D eigenvalue weighted by atomic mass is 32.2. The van der Waals surface area contributed by atoms with Crippen molar-refractivity contribution >= 4 is 46.3 Å². The van der Waals surface area contributed by atoms with Crippen LogP contribution < -0.4 is 10.6 Å². The predicted octanol–water partition coefficient (Wildman–Crippen LogP) is 2.81. The predicted molar refractivity (Wildman–Crippen MR) is 129 cm³/mol. The fourth-order valence-corrected chi connectivity index (χ4v) is 4.19. The largest absolute Gasteiger partial charge is 0.449 e. The van der Waals surface area contributed by atoms with Crippen LogP contribution in [-0.2, 0) is 19.1 Å². The van der Waals surface area contributed by atoms with Crippen LogP contribution in [0.4, 0.5) is 5.69 Å². The van der Waals surface area contributed by atoms with Crippen LogP contribution in [0.5, 0.6) is 0 Å². The lowest BCUT2D eigenvalue weighted by atomic mass is 10.1. The molecule has 2 N–H and O–H groups in total. The number of carbonyl (C=O) groups excluding carboxylic acids is 4. The van der Waals surface area contributed by atoms with Gasteiger partial charge >= 0.3 is 5.97 Å². The summed E-state index contributed by atoms with van der Waals surface area (Å²) in [7, 11) is 0. The molecule has 0 unspecified atom stereocenters. The van der Waals surface area contributed by atoms with Crippen molar-refractivity contribution in [1.29, 1.82) is 0 Å². The standard InChI is InChI=1S/C23H32N4O5S/c1-7-27(8-2)22-25-20(30)17(33-22)13-18(28)24-16-11-9-10-15(12-16)21(31)32-14(3)19(29)26-23(4,5)6/h9-12,14,17H,7-8,13H2,1-6H3,(H,24,28)(H,26,29)/t14-,17+/m1/s1. The first-order valence-corrected chi connectivity index (χ1v) is 11.8. The van der Waals surface area contributed by atoms with Crippen molar-refractivity contribution in [3.63, 3.8) is 0 Å². The Hall–Kier alpha value is -2.88. The van der Waals surface area contributed by atoms with E-state index in [9.17, 15) is 19.2 Å². The SMILES string of the molecule is CCN(CC)C1=NC(=O)[C@H](CC(=O)Nc2cccc(C(=O)O[C@H](C)C(=O)NC(C)(C)C)c2)S1. The minimum atomic E-state index is -0.972. The average molecular weight is 477 g/mol. The summed E-state index contributed by atoms with van der Waals surface area (Å²) < 4.78 is 5.25.